The predicted octanol–water partition coefficient (Wildman–Crippen LogP) is 2.08. The van der Waals surface area contributed by atoms with Gasteiger partial charge in [-0.15, -0.1) is 0 Å². The molecule has 0 radical (unpaired) electrons. The Hall–Kier alpha value is -1.95. The van der Waals surface area contributed by atoms with Gasteiger partial charge in [0.1, 0.15) is 11.6 Å². The topological polar surface area (TPSA) is 64.3 Å². The van der Waals surface area contributed by atoms with Crippen LogP contribution in [0.15, 0.2) is 52.0 Å². The molecule has 0 fully saturated rings. The first-order valence-corrected chi connectivity index (χ1v) is 6.69. The Labute approximate surface area is 103 Å². The maximum Gasteiger partial charge on any atom is 0.213 e. The SMILES string of the molecule is O=C(CS(=O)(=O)c1ccc(F)cc1)c1ccco1. The highest BCUT2D eigenvalue weighted by molar-refractivity contribution is 7.92. The molecule has 0 aliphatic heterocycles. The molecule has 6 heteroatoms. The van der Waals surface area contributed by atoms with Crippen molar-refractivity contribution in [1.29, 1.82) is 0 Å². The summed E-state index contributed by atoms with van der Waals surface area (Å²) < 4.78 is 41.2. The lowest BCUT2D eigenvalue weighted by atomic mass is 10.3. The van der Waals surface area contributed by atoms with Gasteiger partial charge in [-0.25, -0.2) is 12.8 Å². The average molecular weight is 268 g/mol. The normalized spacial score (nSPS) is 11.4. The van der Waals surface area contributed by atoms with Crippen molar-refractivity contribution in [2.45, 2.75) is 4.90 Å². The van der Waals surface area contributed by atoms with E-state index >= 15 is 0 Å². The van der Waals surface area contributed by atoms with E-state index in [2.05, 4.69) is 0 Å². The molecule has 0 saturated carbocycles. The number of sulfone groups is 1. The van der Waals surface area contributed by atoms with E-state index in [0.717, 1.165) is 24.3 Å². The zero-order valence-electron chi connectivity index (χ0n) is 9.17. The Morgan fingerprint density at radius 1 is 1.17 bits per heavy atom. The number of Topliss-reactive ketones (excluding diaryl/α,β-unsaturated/α-hetero) is 1. The van der Waals surface area contributed by atoms with Crippen molar-refractivity contribution >= 4 is 15.6 Å². The fourth-order valence-corrected chi connectivity index (χ4v) is 2.61. The Morgan fingerprint density at radius 3 is 2.39 bits per heavy atom. The number of ketones is 1. The van der Waals surface area contributed by atoms with Crippen LogP contribution < -0.4 is 0 Å². The summed E-state index contributed by atoms with van der Waals surface area (Å²) in [7, 11) is -3.78. The maximum absolute atomic E-state index is 12.7. The van der Waals surface area contributed by atoms with Gasteiger partial charge >= 0.3 is 0 Å². The van der Waals surface area contributed by atoms with E-state index in [1.807, 2.05) is 0 Å². The summed E-state index contributed by atoms with van der Waals surface area (Å²) in [4.78, 5) is 11.5. The molecule has 1 heterocycles. The van der Waals surface area contributed by atoms with Crippen LogP contribution in [0, 0.1) is 5.82 Å². The highest BCUT2D eigenvalue weighted by Crippen LogP contribution is 2.14. The van der Waals surface area contributed by atoms with Crippen molar-refractivity contribution < 1.29 is 22.0 Å². The summed E-state index contributed by atoms with van der Waals surface area (Å²) in [6, 6.07) is 7.20. The van der Waals surface area contributed by atoms with Crippen LogP contribution in [0.1, 0.15) is 10.6 Å². The molecule has 0 atom stereocenters. The van der Waals surface area contributed by atoms with Crippen molar-refractivity contribution in [3.05, 3.63) is 54.2 Å². The van der Waals surface area contributed by atoms with Gasteiger partial charge in [0.2, 0.25) is 5.78 Å². The zero-order chi connectivity index (χ0) is 13.2. The molecule has 0 spiro atoms. The molecule has 0 saturated heterocycles. The number of carbonyl (C=O) groups excluding carboxylic acids is 1. The minimum absolute atomic E-state index is 0.0133. The van der Waals surface area contributed by atoms with Crippen LogP contribution in [0.25, 0.3) is 0 Å². The number of hydrogen-bond donors (Lipinski definition) is 0. The Bertz CT molecular complexity index is 642. The van der Waals surface area contributed by atoms with E-state index in [0.29, 0.717) is 0 Å². The standard InChI is InChI=1S/C12H9FO4S/c13-9-3-5-10(6-4-9)18(15,16)8-11(14)12-2-1-7-17-12/h1-7H,8H2. The van der Waals surface area contributed by atoms with E-state index in [4.69, 9.17) is 4.42 Å². The quantitative estimate of drug-likeness (QED) is 0.629. The van der Waals surface area contributed by atoms with Gasteiger partial charge in [0.15, 0.2) is 15.6 Å². The molecule has 18 heavy (non-hydrogen) atoms. The minimum Gasteiger partial charge on any atom is -0.461 e. The van der Waals surface area contributed by atoms with Gasteiger partial charge in [-0.2, -0.15) is 0 Å². The molecule has 2 aromatic rings. The molecule has 0 aliphatic rings. The number of rotatable bonds is 4. The summed E-state index contributed by atoms with van der Waals surface area (Å²) >= 11 is 0. The molecule has 0 bridgehead atoms. The second kappa shape index (κ2) is 4.73. The predicted molar refractivity (Wildman–Crippen MR) is 61.5 cm³/mol. The number of carbonyl (C=O) groups is 1. The molecule has 4 nitrogen and oxygen atoms in total. The molecule has 94 valence electrons. The second-order valence-corrected chi connectivity index (χ2v) is 5.60. The van der Waals surface area contributed by atoms with Gasteiger partial charge in [0, 0.05) is 0 Å². The zero-order valence-corrected chi connectivity index (χ0v) is 9.98. The molecule has 1 aromatic heterocycles. The van der Waals surface area contributed by atoms with E-state index in [1.54, 1.807) is 0 Å². The molecule has 0 unspecified atom stereocenters. The summed E-state index contributed by atoms with van der Waals surface area (Å²) in [6.07, 6.45) is 1.29. The molecule has 0 N–H and O–H groups in total. The highest BCUT2D eigenvalue weighted by Gasteiger charge is 2.21. The van der Waals surface area contributed by atoms with Gasteiger partial charge < -0.3 is 4.42 Å². The second-order valence-electron chi connectivity index (χ2n) is 3.61. The lowest BCUT2D eigenvalue weighted by Gasteiger charge is -2.02. The smallest absolute Gasteiger partial charge is 0.213 e. The lowest BCUT2D eigenvalue weighted by Crippen LogP contribution is -2.16. The minimum atomic E-state index is -3.78. The van der Waals surface area contributed by atoms with Crippen LogP contribution in [0.2, 0.25) is 0 Å². The summed E-state index contributed by atoms with van der Waals surface area (Å²) in [5.74, 6) is -1.89. The van der Waals surface area contributed by atoms with Crippen molar-refractivity contribution in [3.63, 3.8) is 0 Å². The molecule has 2 rings (SSSR count). The summed E-state index contributed by atoms with van der Waals surface area (Å²) in [5, 5.41) is 0. The van der Waals surface area contributed by atoms with Gasteiger partial charge in [0.25, 0.3) is 0 Å². The van der Waals surface area contributed by atoms with Crippen LogP contribution in [0.3, 0.4) is 0 Å². The highest BCUT2D eigenvalue weighted by atomic mass is 32.2. The maximum atomic E-state index is 12.7. The monoisotopic (exact) mass is 268 g/mol. The van der Waals surface area contributed by atoms with E-state index < -0.39 is 27.2 Å². The van der Waals surface area contributed by atoms with Gasteiger partial charge in [-0.3, -0.25) is 4.79 Å². The van der Waals surface area contributed by atoms with Crippen LogP contribution >= 0.6 is 0 Å². The third-order valence-electron chi connectivity index (χ3n) is 2.29. The first kappa shape index (κ1) is 12.5. The van der Waals surface area contributed by atoms with Crippen LogP contribution in [-0.2, 0) is 9.84 Å². The van der Waals surface area contributed by atoms with Crippen molar-refractivity contribution in [1.82, 2.24) is 0 Å². The molecule has 1 aromatic carbocycles. The Morgan fingerprint density at radius 2 is 1.83 bits per heavy atom. The summed E-state index contributed by atoms with van der Waals surface area (Å²) in [5.41, 5.74) is 0. The van der Waals surface area contributed by atoms with Gasteiger partial charge in [0.05, 0.1) is 11.2 Å². The van der Waals surface area contributed by atoms with Crippen LogP contribution in [-0.4, -0.2) is 20.0 Å². The lowest BCUT2D eigenvalue weighted by molar-refractivity contribution is 0.0990. The van der Waals surface area contributed by atoms with Crippen molar-refractivity contribution in [2.75, 3.05) is 5.75 Å². The molecular formula is C12H9FO4S. The van der Waals surface area contributed by atoms with Gasteiger partial charge in [-0.1, -0.05) is 0 Å². The van der Waals surface area contributed by atoms with Crippen LogP contribution in [0.5, 0.6) is 0 Å². The van der Waals surface area contributed by atoms with E-state index in [1.165, 1.54) is 18.4 Å². The number of halogens is 1. The first-order valence-electron chi connectivity index (χ1n) is 5.04. The van der Waals surface area contributed by atoms with Gasteiger partial charge in [-0.05, 0) is 36.4 Å². The Kier molecular flexibility index (Phi) is 3.29. The van der Waals surface area contributed by atoms with Crippen molar-refractivity contribution in [2.24, 2.45) is 0 Å². The fraction of sp³-hybridized carbons (Fsp3) is 0.0833. The third kappa shape index (κ3) is 2.65. The van der Waals surface area contributed by atoms with E-state index in [9.17, 15) is 17.6 Å². The number of benzene rings is 1. The average Bonchev–Trinajstić information content (AvgIpc) is 2.82. The summed E-state index contributed by atoms with van der Waals surface area (Å²) in [6.45, 7) is 0. The third-order valence-corrected chi connectivity index (χ3v) is 3.92. The fourth-order valence-electron chi connectivity index (χ4n) is 1.41. The Balaban J connectivity index is 2.22. The largest absolute Gasteiger partial charge is 0.461 e. The first-order chi connectivity index (χ1) is 8.49. The molecule has 0 amide bonds. The molecule has 0 aliphatic carbocycles. The number of hydrogen-bond acceptors (Lipinski definition) is 4. The van der Waals surface area contributed by atoms with E-state index in [-0.39, 0.29) is 10.7 Å². The number of furan rings is 1. The van der Waals surface area contributed by atoms with Crippen molar-refractivity contribution in [3.8, 4) is 0 Å². The molecular weight excluding hydrogens is 259 g/mol. The van der Waals surface area contributed by atoms with Crippen LogP contribution in [0.4, 0.5) is 4.39 Å².